The molecule has 0 radical (unpaired) electrons. The molecule has 2 aliphatic rings. The maximum atomic E-state index is 6.51. The topological polar surface area (TPSA) is 48.6 Å². The van der Waals surface area contributed by atoms with Crippen LogP contribution >= 0.6 is 0 Å². The van der Waals surface area contributed by atoms with Crippen molar-refractivity contribution in [3.63, 3.8) is 0 Å². The number of rotatable bonds is 5. The summed E-state index contributed by atoms with van der Waals surface area (Å²) < 4.78 is 15.5. The smallest absolute Gasteiger partial charge is 0.402 e. The SMILES string of the molecule is CC1(C)OB(C2CC=c3c(n(C(c4ccccc4)(c4ccccc4)c4ccccc4)c4ccncc34)=N2)OC1(C)C. The molecule has 0 N–H and O–H groups in total. The van der Waals surface area contributed by atoms with Crippen LogP contribution < -0.4 is 10.7 Å². The van der Waals surface area contributed by atoms with Crippen LogP contribution in [0.2, 0.25) is 0 Å². The number of nitrogens with zero attached hydrogens (tertiary/aromatic N) is 3. The van der Waals surface area contributed by atoms with E-state index < -0.39 is 23.9 Å². The monoisotopic (exact) mass is 539 g/mol. The van der Waals surface area contributed by atoms with Crippen LogP contribution in [0.1, 0.15) is 50.8 Å². The number of benzene rings is 3. The summed E-state index contributed by atoms with van der Waals surface area (Å²) in [4.78, 5) is 10.0. The van der Waals surface area contributed by atoms with Crippen molar-refractivity contribution in [2.45, 2.75) is 56.8 Å². The van der Waals surface area contributed by atoms with E-state index in [-0.39, 0.29) is 5.94 Å². The lowest BCUT2D eigenvalue weighted by atomic mass is 9.75. The minimum absolute atomic E-state index is 0.181. The van der Waals surface area contributed by atoms with Crippen molar-refractivity contribution in [1.82, 2.24) is 9.55 Å². The van der Waals surface area contributed by atoms with Crippen LogP contribution in [0.5, 0.6) is 0 Å². The van der Waals surface area contributed by atoms with Gasteiger partial charge in [-0.3, -0.25) is 9.98 Å². The van der Waals surface area contributed by atoms with Gasteiger partial charge in [0.15, 0.2) is 0 Å². The molecule has 1 fully saturated rings. The highest BCUT2D eigenvalue weighted by molar-refractivity contribution is 6.47. The van der Waals surface area contributed by atoms with Crippen molar-refractivity contribution in [3.05, 3.63) is 137 Å². The fraction of sp³-hybridized carbons (Fsp3) is 0.257. The van der Waals surface area contributed by atoms with Gasteiger partial charge in [-0.2, -0.15) is 0 Å². The lowest BCUT2D eigenvalue weighted by molar-refractivity contribution is 0.00578. The van der Waals surface area contributed by atoms with E-state index in [1.165, 1.54) is 0 Å². The third-order valence-corrected chi connectivity index (χ3v) is 9.13. The minimum atomic E-state index is -0.702. The standard InChI is InChI=1S/C35H34BN3O2/c1-33(2)34(3,4)41-36(40-33)31-21-20-28-29-24-37-23-22-30(29)39(32(28)38-31)35(25-14-8-5-9-15-25,26-16-10-6-11-17-26)27-18-12-7-13-19-27/h5-20,22-24,31H,21H2,1-4H3. The summed E-state index contributed by atoms with van der Waals surface area (Å²) in [7, 11) is -0.437. The predicted molar refractivity (Wildman–Crippen MR) is 164 cm³/mol. The second kappa shape index (κ2) is 9.54. The summed E-state index contributed by atoms with van der Waals surface area (Å²) in [5, 5.41) is 2.19. The minimum Gasteiger partial charge on any atom is -0.402 e. The molecule has 0 saturated carbocycles. The molecule has 6 heteroatoms. The van der Waals surface area contributed by atoms with Crippen LogP contribution in [-0.2, 0) is 14.8 Å². The number of aromatic nitrogens is 2. The van der Waals surface area contributed by atoms with Gasteiger partial charge in [0.1, 0.15) is 11.0 Å². The number of hydrogen-bond acceptors (Lipinski definition) is 4. The summed E-state index contributed by atoms with van der Waals surface area (Å²) in [6.07, 6.45) is 6.87. The van der Waals surface area contributed by atoms with Crippen molar-refractivity contribution < 1.29 is 9.31 Å². The van der Waals surface area contributed by atoms with Crippen molar-refractivity contribution in [2.75, 3.05) is 0 Å². The first-order valence-corrected chi connectivity index (χ1v) is 14.4. The Morgan fingerprint density at radius 3 is 1.78 bits per heavy atom. The maximum Gasteiger partial charge on any atom is 0.484 e. The van der Waals surface area contributed by atoms with Crippen LogP contribution in [0.15, 0.2) is 114 Å². The fourth-order valence-corrected chi connectivity index (χ4v) is 6.40. The maximum absolute atomic E-state index is 6.51. The number of fused-ring (bicyclic) bond motifs is 3. The lowest BCUT2D eigenvalue weighted by Crippen LogP contribution is -2.49. The Morgan fingerprint density at radius 1 is 0.756 bits per heavy atom. The van der Waals surface area contributed by atoms with Crippen LogP contribution in [0.3, 0.4) is 0 Å². The summed E-state index contributed by atoms with van der Waals surface area (Å²) >= 11 is 0. The normalized spacial score (nSPS) is 19.4. The molecule has 7 rings (SSSR count). The van der Waals surface area contributed by atoms with Gasteiger partial charge in [0.05, 0.1) is 22.7 Å². The molecular weight excluding hydrogens is 505 g/mol. The molecular formula is C35H34BN3O2. The number of hydrogen-bond donors (Lipinski definition) is 0. The Morgan fingerprint density at radius 2 is 1.27 bits per heavy atom. The summed E-state index contributed by atoms with van der Waals surface area (Å²) in [6.45, 7) is 8.38. The summed E-state index contributed by atoms with van der Waals surface area (Å²) in [5.74, 6) is -0.181. The third-order valence-electron chi connectivity index (χ3n) is 9.13. The molecule has 5 nitrogen and oxygen atoms in total. The van der Waals surface area contributed by atoms with Gasteiger partial charge in [0.25, 0.3) is 0 Å². The Balaban J connectivity index is 1.60. The van der Waals surface area contributed by atoms with Gasteiger partial charge in [-0.25, -0.2) is 0 Å². The second-order valence-corrected chi connectivity index (χ2v) is 12.0. The first kappa shape index (κ1) is 25.9. The van der Waals surface area contributed by atoms with Crippen LogP contribution in [0.4, 0.5) is 0 Å². The zero-order valence-corrected chi connectivity index (χ0v) is 24.0. The molecule has 1 atom stereocenters. The molecule has 4 heterocycles. The highest BCUT2D eigenvalue weighted by Gasteiger charge is 2.54. The van der Waals surface area contributed by atoms with Crippen molar-refractivity contribution in [3.8, 4) is 0 Å². The lowest BCUT2D eigenvalue weighted by Gasteiger charge is -2.38. The summed E-state index contributed by atoms with van der Waals surface area (Å²) in [6, 6.07) is 34.4. The van der Waals surface area contributed by atoms with Gasteiger partial charge < -0.3 is 13.9 Å². The first-order chi connectivity index (χ1) is 19.8. The van der Waals surface area contributed by atoms with Gasteiger partial charge >= 0.3 is 7.12 Å². The largest absolute Gasteiger partial charge is 0.484 e. The third kappa shape index (κ3) is 3.92. The quantitative estimate of drug-likeness (QED) is 0.213. The molecule has 1 saturated heterocycles. The molecule has 2 aliphatic heterocycles. The molecule has 204 valence electrons. The Bertz CT molecular complexity index is 1720. The number of pyridine rings is 1. The van der Waals surface area contributed by atoms with E-state index in [2.05, 4.69) is 140 Å². The zero-order valence-electron chi connectivity index (χ0n) is 24.0. The van der Waals surface area contributed by atoms with E-state index in [1.807, 2.05) is 12.4 Å². The van der Waals surface area contributed by atoms with Crippen molar-refractivity contribution >= 4 is 24.1 Å². The van der Waals surface area contributed by atoms with Crippen LogP contribution in [0, 0.1) is 0 Å². The van der Waals surface area contributed by atoms with E-state index in [0.717, 1.165) is 44.7 Å². The average molecular weight is 539 g/mol. The second-order valence-electron chi connectivity index (χ2n) is 12.0. The van der Waals surface area contributed by atoms with Crippen LogP contribution in [-0.4, -0.2) is 33.8 Å². The van der Waals surface area contributed by atoms with E-state index in [9.17, 15) is 0 Å². The van der Waals surface area contributed by atoms with E-state index in [4.69, 9.17) is 14.3 Å². The summed E-state index contributed by atoms with van der Waals surface area (Å²) in [5.41, 5.74) is 3.90. The Kier molecular flexibility index (Phi) is 6.04. The molecule has 41 heavy (non-hydrogen) atoms. The van der Waals surface area contributed by atoms with E-state index in [1.54, 1.807) is 0 Å². The van der Waals surface area contributed by atoms with Crippen LogP contribution in [0.25, 0.3) is 17.0 Å². The van der Waals surface area contributed by atoms with Gasteiger partial charge in [-0.1, -0.05) is 97.1 Å². The van der Waals surface area contributed by atoms with Gasteiger partial charge in [-0.15, -0.1) is 0 Å². The molecule has 0 spiro atoms. The molecule has 3 aromatic carbocycles. The molecule has 5 aromatic rings. The highest BCUT2D eigenvalue weighted by Crippen LogP contribution is 2.42. The fourth-order valence-electron chi connectivity index (χ4n) is 6.40. The van der Waals surface area contributed by atoms with Gasteiger partial charge in [0.2, 0.25) is 0 Å². The van der Waals surface area contributed by atoms with E-state index in [0.29, 0.717) is 0 Å². The van der Waals surface area contributed by atoms with Crippen molar-refractivity contribution in [2.24, 2.45) is 4.99 Å². The Hall–Kier alpha value is -4.00. The Labute approximate surface area is 241 Å². The first-order valence-electron chi connectivity index (χ1n) is 14.4. The van der Waals surface area contributed by atoms with Gasteiger partial charge in [-0.05, 0) is 56.9 Å². The molecule has 2 aromatic heterocycles. The zero-order chi connectivity index (χ0) is 28.2. The molecule has 0 amide bonds. The predicted octanol–water partition coefficient (Wildman–Crippen LogP) is 5.68. The molecule has 1 unspecified atom stereocenters. The molecule has 0 bridgehead atoms. The van der Waals surface area contributed by atoms with Crippen molar-refractivity contribution in [1.29, 1.82) is 0 Å². The molecule has 0 aliphatic carbocycles. The highest BCUT2D eigenvalue weighted by atomic mass is 16.7. The average Bonchev–Trinajstić information content (AvgIpc) is 3.44. The van der Waals surface area contributed by atoms with Gasteiger partial charge in [0, 0.05) is 23.0 Å². The van der Waals surface area contributed by atoms with E-state index >= 15 is 0 Å².